The summed E-state index contributed by atoms with van der Waals surface area (Å²) in [7, 11) is 2.00. The molecule has 0 radical (unpaired) electrons. The lowest BCUT2D eigenvalue weighted by atomic mass is 10.00. The summed E-state index contributed by atoms with van der Waals surface area (Å²) in [4.78, 5) is 40.8. The summed E-state index contributed by atoms with van der Waals surface area (Å²) in [5.41, 5.74) is 4.06. The average molecular weight is 476 g/mol. The minimum absolute atomic E-state index is 0.231. The van der Waals surface area contributed by atoms with Crippen LogP contribution in [0.5, 0.6) is 0 Å². The number of alkyl carbamates (subject to hydrolysis) is 1. The number of rotatable bonds is 5. The van der Waals surface area contributed by atoms with Gasteiger partial charge >= 0.3 is 6.09 Å². The number of nitrogens with one attached hydrogen (secondary N) is 3. The molecule has 3 N–H and O–H groups in total. The molecule has 9 heteroatoms. The van der Waals surface area contributed by atoms with Gasteiger partial charge in [-0.25, -0.2) is 9.78 Å². The summed E-state index contributed by atoms with van der Waals surface area (Å²) in [5.74, 6) is -0.00126. The second-order valence-corrected chi connectivity index (χ2v) is 9.42. The van der Waals surface area contributed by atoms with E-state index in [1.807, 2.05) is 31.3 Å². The number of fused-ring (bicyclic) bond motifs is 4. The fraction of sp³-hybridized carbons (Fsp3) is 0.308. The summed E-state index contributed by atoms with van der Waals surface area (Å²) in [6.45, 7) is 6.75. The molecule has 2 aromatic carbocycles. The topological polar surface area (TPSA) is 114 Å². The lowest BCUT2D eigenvalue weighted by Crippen LogP contribution is -2.41. The van der Waals surface area contributed by atoms with Crippen LogP contribution in [0.4, 0.5) is 10.5 Å². The Labute approximate surface area is 203 Å². The molecule has 0 unspecified atom stereocenters. The van der Waals surface area contributed by atoms with Crippen LogP contribution in [-0.4, -0.2) is 46.1 Å². The third-order valence-electron chi connectivity index (χ3n) is 5.60. The second-order valence-electron chi connectivity index (χ2n) is 9.42. The molecule has 0 saturated heterocycles. The first kappa shape index (κ1) is 24.0. The minimum atomic E-state index is -0.697. The van der Waals surface area contributed by atoms with E-state index in [9.17, 15) is 14.4 Å². The maximum Gasteiger partial charge on any atom is 0.408 e. The molecule has 2 aromatic rings. The molecule has 0 bridgehead atoms. The number of benzene rings is 2. The molecule has 182 valence electrons. The number of amides is 3. The zero-order valence-corrected chi connectivity index (χ0v) is 20.5. The van der Waals surface area contributed by atoms with Crippen molar-refractivity contribution in [1.29, 1.82) is 0 Å². The molecule has 0 fully saturated rings. The first-order chi connectivity index (χ1) is 16.5. The lowest BCUT2D eigenvalue weighted by molar-refractivity contribution is -0.123. The van der Waals surface area contributed by atoms with Gasteiger partial charge < -0.3 is 25.3 Å². The third kappa shape index (κ3) is 5.18. The predicted octanol–water partition coefficient (Wildman–Crippen LogP) is 3.72. The molecule has 2 aliphatic heterocycles. The van der Waals surface area contributed by atoms with E-state index >= 15 is 0 Å². The fourth-order valence-corrected chi connectivity index (χ4v) is 4.06. The first-order valence-corrected chi connectivity index (χ1v) is 11.3. The highest BCUT2D eigenvalue weighted by molar-refractivity contribution is 6.06. The van der Waals surface area contributed by atoms with Crippen molar-refractivity contribution in [1.82, 2.24) is 20.2 Å². The number of aryl methyl sites for hydroxylation is 2. The van der Waals surface area contributed by atoms with Crippen LogP contribution in [0.15, 0.2) is 42.5 Å². The van der Waals surface area contributed by atoms with Gasteiger partial charge in [-0.05, 0) is 57.5 Å². The largest absolute Gasteiger partial charge is 0.444 e. The normalized spacial score (nSPS) is 11.6. The Morgan fingerprint density at radius 3 is 2.43 bits per heavy atom. The van der Waals surface area contributed by atoms with Crippen molar-refractivity contribution in [3.8, 4) is 11.4 Å². The van der Waals surface area contributed by atoms with E-state index in [1.165, 1.54) is 0 Å². The number of carbonyl (C=O) groups excluding carboxylic acids is 3. The van der Waals surface area contributed by atoms with Gasteiger partial charge in [0.2, 0.25) is 11.8 Å². The van der Waals surface area contributed by atoms with E-state index in [0.29, 0.717) is 5.69 Å². The Hall–Kier alpha value is -4.14. The summed E-state index contributed by atoms with van der Waals surface area (Å²) in [5, 5.41) is 9.74. The highest BCUT2D eigenvalue weighted by Gasteiger charge is 2.21. The van der Waals surface area contributed by atoms with Crippen LogP contribution in [0.3, 0.4) is 0 Å². The smallest absolute Gasteiger partial charge is 0.408 e. The van der Waals surface area contributed by atoms with Gasteiger partial charge in [0.25, 0.3) is 0 Å². The molecule has 35 heavy (non-hydrogen) atoms. The fourth-order valence-electron chi connectivity index (χ4n) is 4.06. The van der Waals surface area contributed by atoms with Crippen molar-refractivity contribution in [2.24, 2.45) is 7.05 Å². The molecule has 0 aliphatic carbocycles. The Kier molecular flexibility index (Phi) is 6.34. The van der Waals surface area contributed by atoms with E-state index in [4.69, 9.17) is 9.72 Å². The summed E-state index contributed by atoms with van der Waals surface area (Å²) in [6.07, 6.45) is -0.697. The SMILES string of the molecule is Cc1c2c3cc(NC(=O)CNC(=O)CNC(=O)OC(C)(C)C)ccc3nc-2n(C)c2ccccc12. The van der Waals surface area contributed by atoms with Crippen molar-refractivity contribution in [3.05, 3.63) is 48.0 Å². The summed E-state index contributed by atoms with van der Waals surface area (Å²) in [6, 6.07) is 13.7. The van der Waals surface area contributed by atoms with E-state index in [0.717, 1.165) is 38.8 Å². The van der Waals surface area contributed by atoms with E-state index in [1.54, 1.807) is 26.8 Å². The lowest BCUT2D eigenvalue weighted by Gasteiger charge is -2.19. The molecule has 2 heterocycles. The summed E-state index contributed by atoms with van der Waals surface area (Å²) < 4.78 is 7.16. The average Bonchev–Trinajstić information content (AvgIpc) is 3.18. The first-order valence-electron chi connectivity index (χ1n) is 11.3. The standard InChI is InChI=1S/C26H29N5O4/c1-15-17-8-6-7-9-20(17)31(5)24-23(15)18-12-16(10-11-19(18)30-24)29-22(33)14-27-21(32)13-28-25(34)35-26(2,3)4/h6-12H,13-14H2,1-5H3,(H,27,32)(H,28,34)(H,29,33). The van der Waals surface area contributed by atoms with E-state index in [-0.39, 0.29) is 19.0 Å². The number of aromatic nitrogens is 2. The number of nitrogens with zero attached hydrogens (tertiary/aromatic N) is 2. The Bertz CT molecular complexity index is 1420. The molecule has 3 amide bonds. The Morgan fingerprint density at radius 2 is 1.69 bits per heavy atom. The number of carbonyl (C=O) groups is 3. The van der Waals surface area contributed by atoms with Crippen molar-refractivity contribution in [3.63, 3.8) is 0 Å². The van der Waals surface area contributed by atoms with Crippen LogP contribution in [0, 0.1) is 6.92 Å². The molecule has 9 nitrogen and oxygen atoms in total. The molecule has 0 saturated carbocycles. The van der Waals surface area contributed by atoms with Crippen LogP contribution < -0.4 is 16.0 Å². The number of hydrogen-bond donors (Lipinski definition) is 3. The maximum absolute atomic E-state index is 12.4. The number of anilines is 1. The molecular formula is C26H29N5O4. The predicted molar refractivity (Wildman–Crippen MR) is 135 cm³/mol. The van der Waals surface area contributed by atoms with E-state index in [2.05, 4.69) is 39.6 Å². The van der Waals surface area contributed by atoms with Gasteiger partial charge in [0.15, 0.2) is 0 Å². The van der Waals surface area contributed by atoms with Gasteiger partial charge in [0, 0.05) is 34.6 Å². The van der Waals surface area contributed by atoms with Crippen molar-refractivity contribution >= 4 is 45.4 Å². The third-order valence-corrected chi connectivity index (χ3v) is 5.60. The van der Waals surface area contributed by atoms with Crippen molar-refractivity contribution < 1.29 is 19.1 Å². The molecule has 0 spiro atoms. The Morgan fingerprint density at radius 1 is 0.971 bits per heavy atom. The molecule has 4 rings (SSSR count). The van der Waals surface area contributed by atoms with Crippen molar-refractivity contribution in [2.75, 3.05) is 18.4 Å². The van der Waals surface area contributed by atoms with Crippen LogP contribution in [0.2, 0.25) is 0 Å². The van der Waals surface area contributed by atoms with Gasteiger partial charge in [-0.3, -0.25) is 9.59 Å². The molecular weight excluding hydrogens is 446 g/mol. The van der Waals surface area contributed by atoms with Gasteiger partial charge in [-0.2, -0.15) is 0 Å². The maximum atomic E-state index is 12.4. The molecule has 2 aliphatic rings. The minimum Gasteiger partial charge on any atom is -0.444 e. The van der Waals surface area contributed by atoms with Crippen LogP contribution in [0.25, 0.3) is 33.2 Å². The zero-order chi connectivity index (χ0) is 25.3. The number of hydrogen-bond acceptors (Lipinski definition) is 5. The van der Waals surface area contributed by atoms with Gasteiger partial charge in [-0.1, -0.05) is 18.2 Å². The van der Waals surface area contributed by atoms with Crippen LogP contribution in [-0.2, 0) is 21.4 Å². The van der Waals surface area contributed by atoms with Gasteiger partial charge in [0.1, 0.15) is 18.0 Å². The van der Waals surface area contributed by atoms with Gasteiger partial charge in [0.05, 0.1) is 12.1 Å². The molecule has 0 atom stereocenters. The number of ether oxygens (including phenoxy) is 1. The highest BCUT2D eigenvalue weighted by Crippen LogP contribution is 2.38. The van der Waals surface area contributed by atoms with Crippen LogP contribution in [0.1, 0.15) is 26.3 Å². The zero-order valence-electron chi connectivity index (χ0n) is 20.5. The number of pyridine rings is 1. The summed E-state index contributed by atoms with van der Waals surface area (Å²) >= 11 is 0. The van der Waals surface area contributed by atoms with Gasteiger partial charge in [-0.15, -0.1) is 0 Å². The second kappa shape index (κ2) is 9.25. The quantitative estimate of drug-likeness (QED) is 0.407. The van der Waals surface area contributed by atoms with E-state index < -0.39 is 17.6 Å². The number of para-hydroxylation sites is 1. The monoisotopic (exact) mass is 475 g/mol. The van der Waals surface area contributed by atoms with Crippen LogP contribution >= 0.6 is 0 Å². The Balaban J connectivity index is 1.44. The molecule has 0 aromatic heterocycles. The highest BCUT2D eigenvalue weighted by atomic mass is 16.6. The van der Waals surface area contributed by atoms with Crippen molar-refractivity contribution in [2.45, 2.75) is 33.3 Å².